The zero-order valence-corrected chi connectivity index (χ0v) is 5.80. The van der Waals surface area contributed by atoms with Crippen molar-refractivity contribution in [3.05, 3.63) is 23.0 Å². The van der Waals surface area contributed by atoms with E-state index in [1.807, 2.05) is 0 Å². The Kier molecular flexibility index (Phi) is 1.87. The van der Waals surface area contributed by atoms with E-state index < -0.39 is 0 Å². The standard InChI is InChI=1S/C6H5ClN2O/c7-6-2-1-4(8)5(3-10)9-6/h1-3H,8H2. The van der Waals surface area contributed by atoms with Crippen molar-refractivity contribution in [3.8, 4) is 0 Å². The molecule has 0 saturated heterocycles. The van der Waals surface area contributed by atoms with Gasteiger partial charge in [-0.05, 0) is 12.1 Å². The topological polar surface area (TPSA) is 56.0 Å². The molecule has 1 heterocycles. The van der Waals surface area contributed by atoms with Gasteiger partial charge in [0.15, 0.2) is 6.29 Å². The summed E-state index contributed by atoms with van der Waals surface area (Å²) in [6.07, 6.45) is 0.571. The minimum Gasteiger partial charge on any atom is -0.397 e. The number of aldehydes is 1. The molecule has 0 aromatic carbocycles. The molecule has 0 atom stereocenters. The minimum atomic E-state index is 0.188. The molecule has 0 bridgehead atoms. The third-order valence-electron chi connectivity index (χ3n) is 1.04. The van der Waals surface area contributed by atoms with E-state index in [2.05, 4.69) is 4.98 Å². The normalized spacial score (nSPS) is 9.30. The predicted molar refractivity (Wildman–Crippen MR) is 39.0 cm³/mol. The van der Waals surface area contributed by atoms with Crippen molar-refractivity contribution in [1.82, 2.24) is 4.98 Å². The largest absolute Gasteiger partial charge is 0.397 e. The second kappa shape index (κ2) is 2.66. The predicted octanol–water partition coefficient (Wildman–Crippen LogP) is 1.13. The van der Waals surface area contributed by atoms with Crippen molar-refractivity contribution in [1.29, 1.82) is 0 Å². The molecular weight excluding hydrogens is 152 g/mol. The van der Waals surface area contributed by atoms with Crippen LogP contribution in [0.1, 0.15) is 10.5 Å². The molecule has 0 spiro atoms. The zero-order valence-electron chi connectivity index (χ0n) is 5.04. The number of nitrogens with zero attached hydrogens (tertiary/aromatic N) is 1. The summed E-state index contributed by atoms with van der Waals surface area (Å²) in [6, 6.07) is 3.07. The Labute approximate surface area is 62.8 Å². The van der Waals surface area contributed by atoms with Crippen molar-refractivity contribution < 1.29 is 4.79 Å². The Morgan fingerprint density at radius 2 is 2.30 bits per heavy atom. The van der Waals surface area contributed by atoms with Gasteiger partial charge >= 0.3 is 0 Å². The summed E-state index contributed by atoms with van der Waals surface area (Å²) in [4.78, 5) is 13.8. The maximum atomic E-state index is 10.2. The van der Waals surface area contributed by atoms with Gasteiger partial charge in [0, 0.05) is 0 Å². The van der Waals surface area contributed by atoms with E-state index in [1.54, 1.807) is 6.07 Å². The number of carbonyl (C=O) groups is 1. The molecule has 0 aliphatic heterocycles. The zero-order chi connectivity index (χ0) is 7.56. The van der Waals surface area contributed by atoms with Crippen LogP contribution in [0.3, 0.4) is 0 Å². The van der Waals surface area contributed by atoms with Crippen molar-refractivity contribution in [2.24, 2.45) is 0 Å². The molecule has 0 aliphatic carbocycles. The first-order valence-corrected chi connectivity index (χ1v) is 2.99. The van der Waals surface area contributed by atoms with Gasteiger partial charge in [-0.3, -0.25) is 4.79 Å². The van der Waals surface area contributed by atoms with Gasteiger partial charge in [0.25, 0.3) is 0 Å². The summed E-state index contributed by atoms with van der Waals surface area (Å²) >= 11 is 5.47. The number of pyridine rings is 1. The second-order valence-electron chi connectivity index (χ2n) is 1.73. The van der Waals surface area contributed by atoms with Crippen LogP contribution in [0.5, 0.6) is 0 Å². The smallest absolute Gasteiger partial charge is 0.170 e. The fourth-order valence-electron chi connectivity index (χ4n) is 0.555. The summed E-state index contributed by atoms with van der Waals surface area (Å²) in [5, 5.41) is 0.274. The summed E-state index contributed by atoms with van der Waals surface area (Å²) in [7, 11) is 0. The van der Waals surface area contributed by atoms with Crippen molar-refractivity contribution in [2.45, 2.75) is 0 Å². The van der Waals surface area contributed by atoms with Gasteiger partial charge in [-0.1, -0.05) is 11.6 Å². The quantitative estimate of drug-likeness (QED) is 0.490. The lowest BCUT2D eigenvalue weighted by atomic mass is 10.3. The lowest BCUT2D eigenvalue weighted by Gasteiger charge is -1.95. The van der Waals surface area contributed by atoms with Gasteiger partial charge in [-0.2, -0.15) is 0 Å². The Bertz CT molecular complexity index is 262. The molecule has 10 heavy (non-hydrogen) atoms. The first-order chi connectivity index (χ1) is 4.74. The molecule has 52 valence electrons. The molecule has 0 fully saturated rings. The first-order valence-electron chi connectivity index (χ1n) is 2.61. The molecule has 4 heteroatoms. The van der Waals surface area contributed by atoms with Gasteiger partial charge in [0.1, 0.15) is 10.8 Å². The maximum absolute atomic E-state index is 10.2. The summed E-state index contributed by atoms with van der Waals surface area (Å²) in [5.41, 5.74) is 5.88. The third-order valence-corrected chi connectivity index (χ3v) is 1.25. The van der Waals surface area contributed by atoms with Gasteiger partial charge in [-0.15, -0.1) is 0 Å². The summed E-state index contributed by atoms with van der Waals surface area (Å²) < 4.78 is 0. The molecule has 1 rings (SSSR count). The number of rotatable bonds is 1. The second-order valence-corrected chi connectivity index (χ2v) is 2.11. The number of aromatic nitrogens is 1. The van der Waals surface area contributed by atoms with E-state index in [9.17, 15) is 4.79 Å². The molecule has 0 aliphatic rings. The lowest BCUT2D eigenvalue weighted by Crippen LogP contribution is -1.95. The lowest BCUT2D eigenvalue weighted by molar-refractivity contribution is 0.112. The Morgan fingerprint density at radius 3 is 2.80 bits per heavy atom. The molecule has 3 nitrogen and oxygen atoms in total. The van der Waals surface area contributed by atoms with Crippen molar-refractivity contribution in [3.63, 3.8) is 0 Å². The van der Waals surface area contributed by atoms with Crippen LogP contribution in [0.15, 0.2) is 12.1 Å². The van der Waals surface area contributed by atoms with E-state index in [0.717, 1.165) is 0 Å². The molecule has 1 aromatic rings. The highest BCUT2D eigenvalue weighted by atomic mass is 35.5. The molecule has 0 amide bonds. The van der Waals surface area contributed by atoms with Crippen molar-refractivity contribution >= 4 is 23.6 Å². The summed E-state index contributed by atoms with van der Waals surface area (Å²) in [5.74, 6) is 0. The highest BCUT2D eigenvalue weighted by Crippen LogP contribution is 2.10. The number of anilines is 1. The van der Waals surface area contributed by atoms with E-state index >= 15 is 0 Å². The van der Waals surface area contributed by atoms with Crippen LogP contribution in [-0.2, 0) is 0 Å². The van der Waals surface area contributed by atoms with Crippen LogP contribution in [0.4, 0.5) is 5.69 Å². The summed E-state index contributed by atoms with van der Waals surface area (Å²) in [6.45, 7) is 0. The first kappa shape index (κ1) is 7.02. The fraction of sp³-hybridized carbons (Fsp3) is 0. The monoisotopic (exact) mass is 156 g/mol. The average Bonchev–Trinajstić information content (AvgIpc) is 1.94. The van der Waals surface area contributed by atoms with Crippen LogP contribution < -0.4 is 5.73 Å². The average molecular weight is 157 g/mol. The molecule has 0 unspecified atom stereocenters. The van der Waals surface area contributed by atoms with Crippen LogP contribution >= 0.6 is 11.6 Å². The number of halogens is 1. The van der Waals surface area contributed by atoms with E-state index in [-0.39, 0.29) is 10.8 Å². The van der Waals surface area contributed by atoms with Gasteiger partial charge in [0.05, 0.1) is 5.69 Å². The number of carbonyl (C=O) groups excluding carboxylic acids is 1. The maximum Gasteiger partial charge on any atom is 0.170 e. The SMILES string of the molecule is Nc1ccc(Cl)nc1C=O. The van der Waals surface area contributed by atoms with E-state index in [0.29, 0.717) is 12.0 Å². The molecule has 0 radical (unpaired) electrons. The molecular formula is C6H5ClN2O. The minimum absolute atomic E-state index is 0.188. The Hall–Kier alpha value is -1.09. The number of nitrogen functional groups attached to an aromatic ring is 1. The van der Waals surface area contributed by atoms with Crippen LogP contribution in [-0.4, -0.2) is 11.3 Å². The number of hydrogen-bond acceptors (Lipinski definition) is 3. The molecule has 1 aromatic heterocycles. The molecule has 0 saturated carbocycles. The van der Waals surface area contributed by atoms with Gasteiger partial charge in [0.2, 0.25) is 0 Å². The highest BCUT2D eigenvalue weighted by Gasteiger charge is 1.98. The third kappa shape index (κ3) is 1.25. The Morgan fingerprint density at radius 1 is 1.60 bits per heavy atom. The highest BCUT2D eigenvalue weighted by molar-refractivity contribution is 6.29. The van der Waals surface area contributed by atoms with Crippen LogP contribution in [0.2, 0.25) is 5.15 Å². The number of nitrogens with two attached hydrogens (primary N) is 1. The van der Waals surface area contributed by atoms with Gasteiger partial charge in [-0.25, -0.2) is 4.98 Å². The Balaban J connectivity index is 3.21. The van der Waals surface area contributed by atoms with E-state index in [1.165, 1.54) is 6.07 Å². The molecule has 2 N–H and O–H groups in total. The van der Waals surface area contributed by atoms with Crippen LogP contribution in [0, 0.1) is 0 Å². The number of hydrogen-bond donors (Lipinski definition) is 1. The van der Waals surface area contributed by atoms with Crippen molar-refractivity contribution in [2.75, 3.05) is 5.73 Å². The fourth-order valence-corrected chi connectivity index (χ4v) is 0.709. The van der Waals surface area contributed by atoms with E-state index in [4.69, 9.17) is 17.3 Å². The van der Waals surface area contributed by atoms with Crippen LogP contribution in [0.25, 0.3) is 0 Å². The van der Waals surface area contributed by atoms with Gasteiger partial charge < -0.3 is 5.73 Å².